The van der Waals surface area contributed by atoms with E-state index < -0.39 is 0 Å². The molecule has 0 N–H and O–H groups in total. The molecule has 2 aromatic rings. The van der Waals surface area contributed by atoms with E-state index in [-0.39, 0.29) is 17.8 Å². The predicted octanol–water partition coefficient (Wildman–Crippen LogP) is 2.60. The van der Waals surface area contributed by atoms with Gasteiger partial charge < -0.3 is 4.74 Å². The molecule has 1 nitrogen and oxygen atoms in total. The molecule has 0 atom stereocenters. The number of benzene rings is 2. The van der Waals surface area contributed by atoms with Crippen LogP contribution in [0.4, 0.5) is 9.41 Å². The average Bonchev–Trinajstić information content (AvgIpc) is 2.21. The van der Waals surface area contributed by atoms with Crippen molar-refractivity contribution >= 4 is 8.41 Å². The molecule has 2 aromatic carbocycles. The largest absolute Gasteiger partial charge is 0.457 e. The van der Waals surface area contributed by atoms with Crippen molar-refractivity contribution in [3.63, 3.8) is 0 Å². The molecular formula is C12H15BF2O. The van der Waals surface area contributed by atoms with Gasteiger partial charge in [-0.15, -0.1) is 0 Å². The number of hydrogen-bond acceptors (Lipinski definition) is 1. The summed E-state index contributed by atoms with van der Waals surface area (Å²) >= 11 is 0. The molecule has 0 amide bonds. The first-order valence-corrected chi connectivity index (χ1v) is 4.23. The van der Waals surface area contributed by atoms with E-state index >= 15 is 0 Å². The highest BCUT2D eigenvalue weighted by Gasteiger charge is 1.92. The van der Waals surface area contributed by atoms with Gasteiger partial charge in [0.05, 0.1) is 8.41 Å². The van der Waals surface area contributed by atoms with Crippen molar-refractivity contribution in [1.82, 2.24) is 0 Å². The Kier molecular flexibility index (Phi) is 8.78. The molecule has 0 saturated heterocycles. The second-order valence-corrected chi connectivity index (χ2v) is 2.73. The molecule has 0 radical (unpaired) electrons. The fourth-order valence-electron chi connectivity index (χ4n) is 1.11. The molecule has 0 aliphatic carbocycles. The molecule has 0 bridgehead atoms. The molecule has 16 heavy (non-hydrogen) atoms. The molecular weight excluding hydrogens is 209 g/mol. The SMILES string of the molecule is B.F.F.c1ccc(Oc2ccccc2)cc1. The second-order valence-electron chi connectivity index (χ2n) is 2.73. The van der Waals surface area contributed by atoms with Crippen LogP contribution in [0.2, 0.25) is 0 Å². The van der Waals surface area contributed by atoms with Gasteiger partial charge in [-0.1, -0.05) is 36.4 Å². The molecule has 0 aliphatic heterocycles. The fraction of sp³-hybridized carbons (Fsp3) is 0. The predicted molar refractivity (Wildman–Crippen MR) is 67.9 cm³/mol. The number of para-hydroxylation sites is 2. The average molecular weight is 224 g/mol. The van der Waals surface area contributed by atoms with E-state index in [0.29, 0.717) is 0 Å². The number of ether oxygens (including phenoxy) is 1. The summed E-state index contributed by atoms with van der Waals surface area (Å²) in [6.07, 6.45) is 0. The lowest BCUT2D eigenvalue weighted by atomic mass is 10.3. The van der Waals surface area contributed by atoms with Gasteiger partial charge in [0.1, 0.15) is 11.5 Å². The Balaban J connectivity index is 0. The van der Waals surface area contributed by atoms with Gasteiger partial charge >= 0.3 is 0 Å². The summed E-state index contributed by atoms with van der Waals surface area (Å²) in [4.78, 5) is 0. The first kappa shape index (κ1) is 16.6. The van der Waals surface area contributed by atoms with Crippen LogP contribution in [0.1, 0.15) is 0 Å². The standard InChI is InChI=1S/C12H10O.BH3.2FH/c1-3-7-11(8-4-1)13-12-9-5-2-6-10-12;;;/h1-10H;1H3;2*1H. The van der Waals surface area contributed by atoms with Crippen molar-refractivity contribution < 1.29 is 14.1 Å². The van der Waals surface area contributed by atoms with Gasteiger partial charge in [0, 0.05) is 0 Å². The maximum atomic E-state index is 5.58. The maximum Gasteiger partial charge on any atom is 0.127 e. The summed E-state index contributed by atoms with van der Waals surface area (Å²) in [6.45, 7) is 0. The van der Waals surface area contributed by atoms with Crippen LogP contribution < -0.4 is 4.74 Å². The second kappa shape index (κ2) is 8.47. The normalized spacial score (nSPS) is 7.75. The van der Waals surface area contributed by atoms with Gasteiger partial charge in [-0.3, -0.25) is 9.41 Å². The number of hydrogen-bond donors (Lipinski definition) is 0. The molecule has 0 aromatic heterocycles. The van der Waals surface area contributed by atoms with E-state index in [9.17, 15) is 0 Å². The third kappa shape index (κ3) is 4.60. The topological polar surface area (TPSA) is 9.23 Å². The summed E-state index contributed by atoms with van der Waals surface area (Å²) in [5, 5.41) is 0. The minimum Gasteiger partial charge on any atom is -0.457 e. The summed E-state index contributed by atoms with van der Waals surface area (Å²) in [7, 11) is 0. The first-order chi connectivity index (χ1) is 6.45. The highest BCUT2D eigenvalue weighted by molar-refractivity contribution is 5.75. The number of rotatable bonds is 2. The molecule has 0 saturated carbocycles. The molecule has 2 rings (SSSR count). The van der Waals surface area contributed by atoms with E-state index in [1.54, 1.807) is 0 Å². The van der Waals surface area contributed by atoms with Gasteiger partial charge in [0.2, 0.25) is 0 Å². The van der Waals surface area contributed by atoms with E-state index in [4.69, 9.17) is 4.74 Å². The Bertz CT molecular complexity index is 330. The lowest BCUT2D eigenvalue weighted by Gasteiger charge is -2.03. The lowest BCUT2D eigenvalue weighted by molar-refractivity contribution is 0.482. The Morgan fingerprint density at radius 1 is 0.562 bits per heavy atom. The monoisotopic (exact) mass is 224 g/mol. The van der Waals surface area contributed by atoms with Gasteiger partial charge in [0.15, 0.2) is 0 Å². The van der Waals surface area contributed by atoms with Gasteiger partial charge in [-0.2, -0.15) is 0 Å². The van der Waals surface area contributed by atoms with E-state index in [1.807, 2.05) is 60.7 Å². The summed E-state index contributed by atoms with van der Waals surface area (Å²) in [6, 6.07) is 19.5. The highest BCUT2D eigenvalue weighted by atomic mass is 19.0. The van der Waals surface area contributed by atoms with E-state index in [0.717, 1.165) is 11.5 Å². The quantitative estimate of drug-likeness (QED) is 0.712. The van der Waals surface area contributed by atoms with Gasteiger partial charge in [-0.25, -0.2) is 0 Å². The summed E-state index contributed by atoms with van der Waals surface area (Å²) in [5.41, 5.74) is 0. The van der Waals surface area contributed by atoms with Gasteiger partial charge in [0.25, 0.3) is 0 Å². The van der Waals surface area contributed by atoms with Crippen molar-refractivity contribution in [2.24, 2.45) is 0 Å². The zero-order valence-electron chi connectivity index (χ0n) is 8.00. The number of halogens is 2. The lowest BCUT2D eigenvalue weighted by Crippen LogP contribution is -1.81. The zero-order valence-corrected chi connectivity index (χ0v) is 8.00. The third-order valence-electron chi connectivity index (χ3n) is 1.72. The minimum absolute atomic E-state index is 0. The van der Waals surface area contributed by atoms with Crippen LogP contribution in [-0.2, 0) is 0 Å². The Labute approximate surface area is 95.4 Å². The van der Waals surface area contributed by atoms with Crippen LogP contribution in [-0.4, -0.2) is 8.41 Å². The molecule has 4 heteroatoms. The highest BCUT2D eigenvalue weighted by Crippen LogP contribution is 2.19. The molecule has 0 spiro atoms. The third-order valence-corrected chi connectivity index (χ3v) is 1.72. The summed E-state index contributed by atoms with van der Waals surface area (Å²) in [5.74, 6) is 1.74. The maximum absolute atomic E-state index is 5.58. The zero-order chi connectivity index (χ0) is 8.93. The molecule has 0 heterocycles. The Morgan fingerprint density at radius 3 is 1.19 bits per heavy atom. The van der Waals surface area contributed by atoms with Crippen molar-refractivity contribution in [2.75, 3.05) is 0 Å². The Hall–Kier alpha value is -1.84. The van der Waals surface area contributed by atoms with Gasteiger partial charge in [-0.05, 0) is 24.3 Å². The van der Waals surface area contributed by atoms with E-state index in [2.05, 4.69) is 0 Å². The van der Waals surface area contributed by atoms with Crippen LogP contribution in [0, 0.1) is 0 Å². The van der Waals surface area contributed by atoms with Crippen molar-refractivity contribution in [1.29, 1.82) is 0 Å². The van der Waals surface area contributed by atoms with Crippen molar-refractivity contribution in [2.45, 2.75) is 0 Å². The fourth-order valence-corrected chi connectivity index (χ4v) is 1.11. The van der Waals surface area contributed by atoms with Crippen LogP contribution in [0.5, 0.6) is 11.5 Å². The molecule has 0 fully saturated rings. The van der Waals surface area contributed by atoms with Crippen molar-refractivity contribution in [3.8, 4) is 11.5 Å². The van der Waals surface area contributed by atoms with Crippen LogP contribution in [0.25, 0.3) is 0 Å². The molecule has 0 aliphatic rings. The van der Waals surface area contributed by atoms with Crippen LogP contribution in [0.15, 0.2) is 60.7 Å². The minimum atomic E-state index is 0. The first-order valence-electron chi connectivity index (χ1n) is 4.23. The molecule has 86 valence electrons. The summed E-state index contributed by atoms with van der Waals surface area (Å²) < 4.78 is 5.58. The Morgan fingerprint density at radius 2 is 0.875 bits per heavy atom. The van der Waals surface area contributed by atoms with E-state index in [1.165, 1.54) is 0 Å². The van der Waals surface area contributed by atoms with Crippen LogP contribution in [0.3, 0.4) is 0 Å². The van der Waals surface area contributed by atoms with Crippen molar-refractivity contribution in [3.05, 3.63) is 60.7 Å². The smallest absolute Gasteiger partial charge is 0.127 e. The molecule has 0 unspecified atom stereocenters. The van der Waals surface area contributed by atoms with Crippen LogP contribution >= 0.6 is 0 Å².